The Kier molecular flexibility index (Phi) is 5.65. The molecule has 2 atom stereocenters. The van der Waals surface area contributed by atoms with Crippen LogP contribution in [0.4, 0.5) is 4.79 Å². The lowest BCUT2D eigenvalue weighted by atomic mass is 10.1. The molecule has 0 radical (unpaired) electrons. The van der Waals surface area contributed by atoms with E-state index in [9.17, 15) is 19.2 Å². The second-order valence-electron chi connectivity index (χ2n) is 5.04. The third kappa shape index (κ3) is 3.78. The summed E-state index contributed by atoms with van der Waals surface area (Å²) in [7, 11) is 3.20. The van der Waals surface area contributed by atoms with Gasteiger partial charge in [-0.05, 0) is 6.92 Å². The predicted octanol–water partition coefficient (Wildman–Crippen LogP) is -0.996. The fraction of sp³-hybridized carbons (Fsp3) is 0.615. The highest BCUT2D eigenvalue weighted by atomic mass is 32.2. The number of hydrogen-bond donors (Lipinski definition) is 1. The van der Waals surface area contributed by atoms with Gasteiger partial charge in [0, 0.05) is 14.1 Å². The molecule has 11 heteroatoms. The number of nitrogens with zero attached hydrogens (tertiary/aromatic N) is 3. The number of fused-ring (bicyclic) bond motifs is 1. The van der Waals surface area contributed by atoms with Crippen LogP contribution in [0, 0.1) is 0 Å². The quantitative estimate of drug-likeness (QED) is 0.622. The van der Waals surface area contributed by atoms with E-state index in [1.54, 1.807) is 18.9 Å². The van der Waals surface area contributed by atoms with Gasteiger partial charge in [0.05, 0.1) is 12.4 Å². The number of amides is 3. The first-order valence-corrected chi connectivity index (χ1v) is 8.16. The van der Waals surface area contributed by atoms with E-state index in [0.717, 1.165) is 11.8 Å². The van der Waals surface area contributed by atoms with Gasteiger partial charge >= 0.3 is 18.0 Å². The van der Waals surface area contributed by atoms with Gasteiger partial charge in [-0.15, -0.1) is 0 Å². The molecule has 0 bridgehead atoms. The number of hydrogen-bond acceptors (Lipinski definition) is 9. The second kappa shape index (κ2) is 7.51. The molecule has 0 aromatic carbocycles. The van der Waals surface area contributed by atoms with Crippen molar-refractivity contribution >= 4 is 40.8 Å². The van der Waals surface area contributed by atoms with E-state index in [4.69, 9.17) is 4.74 Å². The molecule has 2 aliphatic heterocycles. The predicted molar refractivity (Wildman–Crippen MR) is 84.1 cm³/mol. The first kappa shape index (κ1) is 18.0. The lowest BCUT2D eigenvalue weighted by molar-refractivity contribution is -0.156. The molecule has 0 aliphatic carbocycles. The normalized spacial score (nSPS) is 22.7. The van der Waals surface area contributed by atoms with E-state index < -0.39 is 42.7 Å². The lowest BCUT2D eigenvalue weighted by Crippen LogP contribution is -2.63. The summed E-state index contributed by atoms with van der Waals surface area (Å²) in [6.07, 6.45) is -0.630. The van der Waals surface area contributed by atoms with Crippen LogP contribution in [0.25, 0.3) is 0 Å². The molecular formula is C13H18N4O6S. The monoisotopic (exact) mass is 358 g/mol. The van der Waals surface area contributed by atoms with Crippen LogP contribution in [0.3, 0.4) is 0 Å². The van der Waals surface area contributed by atoms with Gasteiger partial charge in [-0.25, -0.2) is 14.6 Å². The molecule has 10 nitrogen and oxygen atoms in total. The minimum absolute atomic E-state index is 0.0820. The zero-order chi connectivity index (χ0) is 17.9. The smallest absolute Gasteiger partial charge is 0.344 e. The molecule has 132 valence electrons. The molecular weight excluding hydrogens is 340 g/mol. The number of thioether (sulfide) groups is 1. The van der Waals surface area contributed by atoms with Crippen molar-refractivity contribution in [3.8, 4) is 0 Å². The fourth-order valence-electron chi connectivity index (χ4n) is 2.24. The van der Waals surface area contributed by atoms with E-state index in [0.29, 0.717) is 5.17 Å². The number of aliphatic imine (C=N–C) groups is 1. The Labute approximate surface area is 142 Å². The van der Waals surface area contributed by atoms with E-state index in [1.165, 1.54) is 11.9 Å². The minimum atomic E-state index is -0.634. The molecule has 2 rings (SSSR count). The number of nitrogens with one attached hydrogen (secondary N) is 1. The van der Waals surface area contributed by atoms with Crippen molar-refractivity contribution in [1.82, 2.24) is 15.1 Å². The summed E-state index contributed by atoms with van der Waals surface area (Å²) in [4.78, 5) is 53.6. The number of rotatable bonds is 5. The molecule has 3 amide bonds. The number of amidine groups is 1. The number of urea groups is 1. The average molecular weight is 358 g/mol. The molecule has 1 saturated heterocycles. The van der Waals surface area contributed by atoms with Gasteiger partial charge in [0.1, 0.15) is 0 Å². The Morgan fingerprint density at radius 2 is 1.92 bits per heavy atom. The Hall–Kier alpha value is -2.30. The Morgan fingerprint density at radius 1 is 1.21 bits per heavy atom. The number of carbonyl (C=O) groups excluding carboxylic acids is 4. The van der Waals surface area contributed by atoms with Gasteiger partial charge in [-0.2, -0.15) is 0 Å². The number of esters is 2. The Morgan fingerprint density at radius 3 is 2.58 bits per heavy atom. The van der Waals surface area contributed by atoms with E-state index in [1.807, 2.05) is 0 Å². The van der Waals surface area contributed by atoms with Gasteiger partial charge in [-0.1, -0.05) is 11.8 Å². The zero-order valence-corrected chi connectivity index (χ0v) is 14.3. The summed E-state index contributed by atoms with van der Waals surface area (Å²) in [5.74, 6) is -1.74. The van der Waals surface area contributed by atoms with Crippen LogP contribution in [-0.2, 0) is 23.9 Å². The highest BCUT2D eigenvalue weighted by Gasteiger charge is 2.47. The van der Waals surface area contributed by atoms with Crippen molar-refractivity contribution in [2.24, 2.45) is 4.99 Å². The molecule has 2 unspecified atom stereocenters. The number of ether oxygens (including phenoxy) is 2. The molecule has 0 aromatic rings. The van der Waals surface area contributed by atoms with Crippen LogP contribution >= 0.6 is 11.8 Å². The van der Waals surface area contributed by atoms with Crippen LogP contribution < -0.4 is 5.32 Å². The SMILES string of the molecule is CCOC(=O)COC(=O)CSC1=NC2C(C(=O)NC(=O)N2C)N1C. The first-order valence-electron chi connectivity index (χ1n) is 7.17. The molecule has 1 N–H and O–H groups in total. The fourth-order valence-corrected chi connectivity index (χ4v) is 3.07. The second-order valence-corrected chi connectivity index (χ2v) is 5.98. The van der Waals surface area contributed by atoms with Crippen LogP contribution in [0.5, 0.6) is 0 Å². The molecule has 0 saturated carbocycles. The van der Waals surface area contributed by atoms with Crippen LogP contribution in [0.15, 0.2) is 4.99 Å². The third-order valence-corrected chi connectivity index (χ3v) is 4.47. The summed E-state index contributed by atoms with van der Waals surface area (Å²) in [5, 5.41) is 2.68. The summed E-state index contributed by atoms with van der Waals surface area (Å²) >= 11 is 1.07. The van der Waals surface area contributed by atoms with Crippen molar-refractivity contribution in [1.29, 1.82) is 0 Å². The van der Waals surface area contributed by atoms with Gasteiger partial charge in [-0.3, -0.25) is 14.9 Å². The van der Waals surface area contributed by atoms with Gasteiger partial charge in [0.25, 0.3) is 5.91 Å². The molecule has 0 aromatic heterocycles. The van der Waals surface area contributed by atoms with Crippen LogP contribution in [-0.4, -0.2) is 84.1 Å². The minimum Gasteiger partial charge on any atom is -0.463 e. The van der Waals surface area contributed by atoms with Crippen molar-refractivity contribution < 1.29 is 28.7 Å². The van der Waals surface area contributed by atoms with Crippen molar-refractivity contribution in [3.05, 3.63) is 0 Å². The van der Waals surface area contributed by atoms with E-state index in [-0.39, 0.29) is 12.4 Å². The molecule has 24 heavy (non-hydrogen) atoms. The highest BCUT2D eigenvalue weighted by Crippen LogP contribution is 2.26. The van der Waals surface area contributed by atoms with E-state index in [2.05, 4.69) is 15.0 Å². The number of imide groups is 1. The summed E-state index contributed by atoms with van der Waals surface area (Å²) in [6.45, 7) is 1.42. The Balaban J connectivity index is 1.89. The van der Waals surface area contributed by atoms with Gasteiger partial charge in [0.15, 0.2) is 24.0 Å². The van der Waals surface area contributed by atoms with Crippen molar-refractivity contribution in [3.63, 3.8) is 0 Å². The molecule has 2 heterocycles. The average Bonchev–Trinajstić information content (AvgIpc) is 2.86. The molecule has 2 aliphatic rings. The first-order chi connectivity index (χ1) is 11.3. The van der Waals surface area contributed by atoms with Crippen LogP contribution in [0.2, 0.25) is 0 Å². The third-order valence-electron chi connectivity index (χ3n) is 3.44. The maximum absolute atomic E-state index is 11.9. The van der Waals surface area contributed by atoms with Gasteiger partial charge < -0.3 is 19.3 Å². The molecule has 1 fully saturated rings. The maximum Gasteiger partial charge on any atom is 0.344 e. The van der Waals surface area contributed by atoms with Crippen LogP contribution in [0.1, 0.15) is 6.92 Å². The Bertz CT molecular complexity index is 595. The summed E-state index contributed by atoms with van der Waals surface area (Å²) in [6, 6.07) is -1.15. The zero-order valence-electron chi connectivity index (χ0n) is 13.5. The standard InChI is InChI=1S/C13H18N4O6S/c1-4-22-7(18)5-23-8(19)6-24-13-14-10-9(16(13)2)11(20)15-12(21)17(10)3/h9-10H,4-6H2,1-3H3,(H,15,20,21). The lowest BCUT2D eigenvalue weighted by Gasteiger charge is -2.34. The largest absolute Gasteiger partial charge is 0.463 e. The molecule has 0 spiro atoms. The summed E-state index contributed by atoms with van der Waals surface area (Å²) < 4.78 is 9.43. The highest BCUT2D eigenvalue weighted by molar-refractivity contribution is 8.14. The number of carbonyl (C=O) groups is 4. The summed E-state index contributed by atoms with van der Waals surface area (Å²) in [5.41, 5.74) is 0. The van der Waals surface area contributed by atoms with Crippen molar-refractivity contribution in [2.75, 3.05) is 33.1 Å². The van der Waals surface area contributed by atoms with Gasteiger partial charge in [0.2, 0.25) is 0 Å². The maximum atomic E-state index is 11.9. The number of likely N-dealkylation sites (N-methyl/N-ethyl adjacent to an activating group) is 2. The van der Waals surface area contributed by atoms with E-state index >= 15 is 0 Å². The topological polar surface area (TPSA) is 118 Å². The van der Waals surface area contributed by atoms with Crippen molar-refractivity contribution in [2.45, 2.75) is 19.1 Å².